The lowest BCUT2D eigenvalue weighted by atomic mass is 10.1. The van der Waals surface area contributed by atoms with Gasteiger partial charge in [0.1, 0.15) is 5.75 Å². The van der Waals surface area contributed by atoms with E-state index in [1.165, 1.54) is 11.3 Å². The molecule has 0 spiro atoms. The van der Waals surface area contributed by atoms with Crippen LogP contribution in [-0.2, 0) is 0 Å². The standard InChI is InChI=1S/C25H23BrClN3O2S/c1-3-30(4-2)25(31)29-24-28-15-22(33-24)23(16-6-10-20(27)11-7-16)32-21-12-8-17-13-19(26)9-5-18(17)14-21/h5-15,23H,3-4H2,1-2H3,(H,28,29,31). The van der Waals surface area contributed by atoms with Crippen molar-refractivity contribution in [2.45, 2.75) is 20.0 Å². The number of carbonyl (C=O) groups excluding carboxylic acids is 1. The van der Waals surface area contributed by atoms with Crippen LogP contribution in [0.2, 0.25) is 5.02 Å². The monoisotopic (exact) mass is 543 g/mol. The van der Waals surface area contributed by atoms with E-state index in [9.17, 15) is 4.79 Å². The van der Waals surface area contributed by atoms with Crippen LogP contribution in [0.5, 0.6) is 5.75 Å². The van der Waals surface area contributed by atoms with Crippen molar-refractivity contribution in [2.24, 2.45) is 0 Å². The van der Waals surface area contributed by atoms with Crippen LogP contribution in [0, 0.1) is 0 Å². The number of ether oxygens (including phenoxy) is 1. The summed E-state index contributed by atoms with van der Waals surface area (Å²) in [5, 5.41) is 6.29. The lowest BCUT2D eigenvalue weighted by Gasteiger charge is -2.19. The number of fused-ring (bicyclic) bond motifs is 1. The van der Waals surface area contributed by atoms with Crippen molar-refractivity contribution in [1.29, 1.82) is 0 Å². The second kappa shape index (κ2) is 10.5. The molecule has 4 aromatic rings. The summed E-state index contributed by atoms with van der Waals surface area (Å²) in [6, 6.07) is 19.6. The molecule has 1 atom stereocenters. The zero-order valence-electron chi connectivity index (χ0n) is 18.2. The third-order valence-corrected chi connectivity index (χ3v) is 6.95. The number of urea groups is 1. The molecule has 1 unspecified atom stereocenters. The molecule has 0 bridgehead atoms. The van der Waals surface area contributed by atoms with Gasteiger partial charge in [-0.2, -0.15) is 0 Å². The van der Waals surface area contributed by atoms with E-state index in [4.69, 9.17) is 16.3 Å². The zero-order chi connectivity index (χ0) is 23.4. The number of nitrogens with zero attached hydrogens (tertiary/aromatic N) is 2. The van der Waals surface area contributed by atoms with Gasteiger partial charge in [0, 0.05) is 28.8 Å². The number of thiazole rings is 1. The minimum Gasteiger partial charge on any atom is -0.480 e. The summed E-state index contributed by atoms with van der Waals surface area (Å²) in [5.41, 5.74) is 0.945. The van der Waals surface area contributed by atoms with Gasteiger partial charge in [-0.25, -0.2) is 9.78 Å². The van der Waals surface area contributed by atoms with E-state index in [1.54, 1.807) is 11.1 Å². The van der Waals surface area contributed by atoms with Crippen LogP contribution in [-0.4, -0.2) is 29.0 Å². The highest BCUT2D eigenvalue weighted by molar-refractivity contribution is 9.10. The minimum absolute atomic E-state index is 0.162. The minimum atomic E-state index is -0.397. The molecule has 170 valence electrons. The second-order valence-corrected chi connectivity index (χ2v) is 9.79. The van der Waals surface area contributed by atoms with E-state index in [2.05, 4.69) is 38.4 Å². The summed E-state index contributed by atoms with van der Waals surface area (Å²) >= 11 is 11.0. The third-order valence-electron chi connectivity index (χ3n) is 5.25. The molecule has 0 aliphatic carbocycles. The van der Waals surface area contributed by atoms with Crippen molar-refractivity contribution >= 4 is 60.8 Å². The Kier molecular flexibility index (Phi) is 7.53. The van der Waals surface area contributed by atoms with Crippen molar-refractivity contribution < 1.29 is 9.53 Å². The van der Waals surface area contributed by atoms with Crippen LogP contribution in [0.3, 0.4) is 0 Å². The average Bonchev–Trinajstić information content (AvgIpc) is 3.27. The molecule has 3 aromatic carbocycles. The quantitative estimate of drug-likeness (QED) is 0.259. The lowest BCUT2D eigenvalue weighted by Crippen LogP contribution is -2.34. The molecule has 0 saturated carbocycles. The molecule has 4 rings (SSSR count). The van der Waals surface area contributed by atoms with Crippen molar-refractivity contribution in [3.63, 3.8) is 0 Å². The number of carbonyl (C=O) groups is 1. The van der Waals surface area contributed by atoms with Crippen LogP contribution in [0.4, 0.5) is 9.93 Å². The number of aromatic nitrogens is 1. The van der Waals surface area contributed by atoms with E-state index in [-0.39, 0.29) is 6.03 Å². The van der Waals surface area contributed by atoms with E-state index in [0.29, 0.717) is 23.2 Å². The summed E-state index contributed by atoms with van der Waals surface area (Å²) < 4.78 is 7.50. The average molecular weight is 545 g/mol. The third kappa shape index (κ3) is 5.66. The topological polar surface area (TPSA) is 54.5 Å². The van der Waals surface area contributed by atoms with E-state index >= 15 is 0 Å². The summed E-state index contributed by atoms with van der Waals surface area (Å²) in [6.07, 6.45) is 1.35. The molecule has 1 N–H and O–H groups in total. The molecule has 1 aromatic heterocycles. The normalized spacial score (nSPS) is 11.9. The Labute approximate surface area is 210 Å². The second-order valence-electron chi connectivity index (χ2n) is 7.37. The number of hydrogen-bond acceptors (Lipinski definition) is 4. The summed E-state index contributed by atoms with van der Waals surface area (Å²) in [4.78, 5) is 19.4. The van der Waals surface area contributed by atoms with Gasteiger partial charge in [0.2, 0.25) is 0 Å². The molecule has 0 aliphatic heterocycles. The van der Waals surface area contributed by atoms with Crippen LogP contribution in [0.25, 0.3) is 10.8 Å². The number of hydrogen-bond donors (Lipinski definition) is 1. The Bertz CT molecular complexity index is 1260. The highest BCUT2D eigenvalue weighted by atomic mass is 79.9. The van der Waals surface area contributed by atoms with Gasteiger partial charge < -0.3 is 9.64 Å². The predicted octanol–water partition coefficient (Wildman–Crippen LogP) is 7.75. The highest BCUT2D eigenvalue weighted by Gasteiger charge is 2.21. The first-order valence-electron chi connectivity index (χ1n) is 10.6. The van der Waals surface area contributed by atoms with Crippen LogP contribution >= 0.6 is 38.9 Å². The number of amides is 2. The predicted molar refractivity (Wildman–Crippen MR) is 140 cm³/mol. The maximum Gasteiger partial charge on any atom is 0.323 e. The fraction of sp³-hybridized carbons (Fsp3) is 0.200. The number of benzene rings is 3. The summed E-state index contributed by atoms with van der Waals surface area (Å²) in [5.74, 6) is 0.742. The molecule has 0 radical (unpaired) electrons. The van der Waals surface area contributed by atoms with E-state index < -0.39 is 6.10 Å². The molecule has 2 amide bonds. The number of rotatable bonds is 7. The maximum absolute atomic E-state index is 12.4. The van der Waals surface area contributed by atoms with Crippen molar-refractivity contribution in [3.8, 4) is 5.75 Å². The van der Waals surface area contributed by atoms with Crippen molar-refractivity contribution in [3.05, 3.63) is 86.8 Å². The fourth-order valence-corrected chi connectivity index (χ4v) is 4.85. The van der Waals surface area contributed by atoms with Gasteiger partial charge >= 0.3 is 6.03 Å². The van der Waals surface area contributed by atoms with Gasteiger partial charge in [-0.05, 0) is 66.6 Å². The fourth-order valence-electron chi connectivity index (χ4n) is 3.48. The molecule has 1 heterocycles. The first-order valence-corrected chi connectivity index (χ1v) is 12.6. The summed E-state index contributed by atoms with van der Waals surface area (Å²) in [6.45, 7) is 5.16. The molecule has 0 fully saturated rings. The Hall–Kier alpha value is -2.61. The highest BCUT2D eigenvalue weighted by Crippen LogP contribution is 2.35. The van der Waals surface area contributed by atoms with Crippen LogP contribution < -0.4 is 10.1 Å². The SMILES string of the molecule is CCN(CC)C(=O)Nc1ncc(C(Oc2ccc3cc(Br)ccc3c2)c2ccc(Cl)cc2)s1. The molecule has 5 nitrogen and oxygen atoms in total. The molecular formula is C25H23BrClN3O2S. The maximum atomic E-state index is 12.4. The zero-order valence-corrected chi connectivity index (χ0v) is 21.4. The smallest absolute Gasteiger partial charge is 0.323 e. The van der Waals surface area contributed by atoms with Gasteiger partial charge in [0.25, 0.3) is 0 Å². The Balaban J connectivity index is 1.64. The first kappa shape index (κ1) is 23.5. The first-order chi connectivity index (χ1) is 16.0. The van der Waals surface area contributed by atoms with Crippen molar-refractivity contribution in [2.75, 3.05) is 18.4 Å². The molecular weight excluding hydrogens is 522 g/mol. The van der Waals surface area contributed by atoms with Gasteiger partial charge in [0.05, 0.1) is 4.88 Å². The van der Waals surface area contributed by atoms with Gasteiger partial charge in [-0.1, -0.05) is 63.1 Å². The Morgan fingerprint density at radius 1 is 1.09 bits per heavy atom. The van der Waals surface area contributed by atoms with Crippen LogP contribution in [0.15, 0.2) is 71.3 Å². The van der Waals surface area contributed by atoms with Gasteiger partial charge in [-0.15, -0.1) is 0 Å². The van der Waals surface area contributed by atoms with Crippen LogP contribution in [0.1, 0.15) is 30.4 Å². The van der Waals surface area contributed by atoms with E-state index in [0.717, 1.165) is 31.4 Å². The Morgan fingerprint density at radius 2 is 1.79 bits per heavy atom. The Morgan fingerprint density at radius 3 is 2.52 bits per heavy atom. The largest absolute Gasteiger partial charge is 0.480 e. The molecule has 0 aliphatic rings. The van der Waals surface area contributed by atoms with Gasteiger partial charge in [-0.3, -0.25) is 5.32 Å². The molecule has 33 heavy (non-hydrogen) atoms. The van der Waals surface area contributed by atoms with Crippen molar-refractivity contribution in [1.82, 2.24) is 9.88 Å². The van der Waals surface area contributed by atoms with Gasteiger partial charge in [0.15, 0.2) is 11.2 Å². The molecule has 0 saturated heterocycles. The number of anilines is 1. The van der Waals surface area contributed by atoms with E-state index in [1.807, 2.05) is 62.4 Å². The lowest BCUT2D eigenvalue weighted by molar-refractivity contribution is 0.217. The number of nitrogens with one attached hydrogen (secondary N) is 1. The summed E-state index contributed by atoms with van der Waals surface area (Å²) in [7, 11) is 0. The molecule has 8 heteroatoms. The number of halogens is 2.